The zero-order valence-electron chi connectivity index (χ0n) is 10.7. The minimum absolute atomic E-state index is 0.138. The molecular formula is C13H21N3O2. The highest BCUT2D eigenvalue weighted by atomic mass is 16.5. The van der Waals surface area contributed by atoms with Gasteiger partial charge in [-0.1, -0.05) is 0 Å². The minimum Gasteiger partial charge on any atom is -0.476 e. The summed E-state index contributed by atoms with van der Waals surface area (Å²) in [6.07, 6.45) is 3.51. The lowest BCUT2D eigenvalue weighted by atomic mass is 9.93. The van der Waals surface area contributed by atoms with E-state index in [1.54, 1.807) is 6.07 Å². The van der Waals surface area contributed by atoms with Crippen LogP contribution in [0.25, 0.3) is 0 Å². The van der Waals surface area contributed by atoms with Gasteiger partial charge in [-0.2, -0.15) is 4.98 Å². The van der Waals surface area contributed by atoms with Crippen molar-refractivity contribution < 1.29 is 9.84 Å². The Labute approximate surface area is 107 Å². The van der Waals surface area contributed by atoms with Crippen LogP contribution in [0, 0.1) is 0 Å². The lowest BCUT2D eigenvalue weighted by Crippen LogP contribution is -2.28. The second-order valence-electron chi connectivity index (χ2n) is 4.67. The van der Waals surface area contributed by atoms with Crippen LogP contribution >= 0.6 is 0 Å². The zero-order valence-corrected chi connectivity index (χ0v) is 10.7. The Morgan fingerprint density at radius 1 is 1.39 bits per heavy atom. The van der Waals surface area contributed by atoms with Crippen LogP contribution in [0.4, 0.5) is 11.5 Å². The van der Waals surface area contributed by atoms with Crippen LogP contribution in [0.3, 0.4) is 0 Å². The highest BCUT2D eigenvalue weighted by Crippen LogP contribution is 2.24. The maximum Gasteiger partial charge on any atom is 0.239 e. The molecule has 0 spiro atoms. The topological polar surface area (TPSA) is 80.4 Å². The lowest BCUT2D eigenvalue weighted by molar-refractivity contribution is 0.126. The summed E-state index contributed by atoms with van der Waals surface area (Å²) in [6.45, 7) is 2.46. The van der Waals surface area contributed by atoms with Crippen molar-refractivity contribution in [2.75, 3.05) is 17.7 Å². The molecule has 1 aromatic heterocycles. The summed E-state index contributed by atoms with van der Waals surface area (Å²) >= 11 is 0. The summed E-state index contributed by atoms with van der Waals surface area (Å²) in [4.78, 5) is 4.35. The van der Waals surface area contributed by atoms with Crippen molar-refractivity contribution in [2.45, 2.75) is 44.8 Å². The number of anilines is 2. The van der Waals surface area contributed by atoms with Gasteiger partial charge in [0.15, 0.2) is 0 Å². The van der Waals surface area contributed by atoms with Crippen molar-refractivity contribution in [1.82, 2.24) is 4.98 Å². The molecule has 1 saturated carbocycles. The molecule has 1 aromatic rings. The number of aromatic nitrogens is 1. The molecular weight excluding hydrogens is 230 g/mol. The smallest absolute Gasteiger partial charge is 0.239 e. The Morgan fingerprint density at radius 2 is 2.11 bits per heavy atom. The van der Waals surface area contributed by atoms with Crippen molar-refractivity contribution in [2.24, 2.45) is 0 Å². The number of nitrogens with one attached hydrogen (secondary N) is 1. The third-order valence-corrected chi connectivity index (χ3v) is 3.22. The quantitative estimate of drug-likeness (QED) is 0.760. The second-order valence-corrected chi connectivity index (χ2v) is 4.67. The Kier molecular flexibility index (Phi) is 4.25. The molecule has 1 fully saturated rings. The molecule has 0 atom stereocenters. The van der Waals surface area contributed by atoms with Gasteiger partial charge in [-0.15, -0.1) is 0 Å². The fourth-order valence-electron chi connectivity index (χ4n) is 2.21. The molecule has 5 nitrogen and oxygen atoms in total. The van der Waals surface area contributed by atoms with E-state index in [9.17, 15) is 5.11 Å². The summed E-state index contributed by atoms with van der Waals surface area (Å²) in [6, 6.07) is 4.04. The van der Waals surface area contributed by atoms with E-state index < -0.39 is 0 Å². The van der Waals surface area contributed by atoms with E-state index in [1.807, 2.05) is 13.0 Å². The predicted molar refractivity (Wildman–Crippen MR) is 71.7 cm³/mol. The molecule has 100 valence electrons. The van der Waals surface area contributed by atoms with Crippen LogP contribution in [-0.4, -0.2) is 28.8 Å². The number of hydrogen-bond acceptors (Lipinski definition) is 5. The molecule has 0 aliphatic heterocycles. The molecule has 0 bridgehead atoms. The van der Waals surface area contributed by atoms with E-state index >= 15 is 0 Å². The molecule has 0 radical (unpaired) electrons. The van der Waals surface area contributed by atoms with Crippen molar-refractivity contribution in [3.8, 4) is 5.88 Å². The van der Waals surface area contributed by atoms with Gasteiger partial charge < -0.3 is 20.9 Å². The molecule has 1 aliphatic rings. The van der Waals surface area contributed by atoms with Crippen LogP contribution in [0.2, 0.25) is 0 Å². The molecule has 4 N–H and O–H groups in total. The summed E-state index contributed by atoms with van der Waals surface area (Å²) in [5, 5.41) is 12.8. The lowest BCUT2D eigenvalue weighted by Gasteiger charge is -2.26. The second kappa shape index (κ2) is 5.91. The Bertz CT molecular complexity index is 390. The molecule has 2 rings (SSSR count). The predicted octanol–water partition coefficient (Wildman–Crippen LogP) is 1.78. The molecule has 0 saturated heterocycles. The number of aliphatic hydroxyl groups is 1. The molecule has 1 heterocycles. The number of rotatable bonds is 4. The number of hydrogen-bond donors (Lipinski definition) is 3. The van der Waals surface area contributed by atoms with Gasteiger partial charge in [0.05, 0.1) is 18.4 Å². The largest absolute Gasteiger partial charge is 0.476 e. The third kappa shape index (κ3) is 3.26. The van der Waals surface area contributed by atoms with E-state index in [0.717, 1.165) is 31.5 Å². The maximum atomic E-state index is 9.46. The fraction of sp³-hybridized carbons (Fsp3) is 0.615. The van der Waals surface area contributed by atoms with Crippen molar-refractivity contribution in [3.05, 3.63) is 12.1 Å². The first-order valence-corrected chi connectivity index (χ1v) is 6.53. The van der Waals surface area contributed by atoms with Crippen LogP contribution in [0.5, 0.6) is 5.88 Å². The standard InChI is InChI=1S/C13H21N3O2/c1-2-18-13-11(14)7-8-12(16-13)15-9-3-5-10(17)6-4-9/h7-10,17H,2-6,14H2,1H3,(H,15,16). The van der Waals surface area contributed by atoms with Crippen molar-refractivity contribution in [1.29, 1.82) is 0 Å². The first kappa shape index (κ1) is 13.0. The highest BCUT2D eigenvalue weighted by Gasteiger charge is 2.19. The molecule has 0 amide bonds. The summed E-state index contributed by atoms with van der Waals surface area (Å²) in [5.74, 6) is 1.27. The molecule has 18 heavy (non-hydrogen) atoms. The zero-order chi connectivity index (χ0) is 13.0. The molecule has 0 unspecified atom stereocenters. The van der Waals surface area contributed by atoms with Crippen molar-refractivity contribution >= 4 is 11.5 Å². The Hall–Kier alpha value is -1.49. The van der Waals surface area contributed by atoms with E-state index in [0.29, 0.717) is 24.2 Å². The number of pyridine rings is 1. The Balaban J connectivity index is 1.98. The maximum absolute atomic E-state index is 9.46. The van der Waals surface area contributed by atoms with E-state index in [4.69, 9.17) is 10.5 Å². The van der Waals surface area contributed by atoms with Crippen LogP contribution in [0.1, 0.15) is 32.6 Å². The molecule has 0 aromatic carbocycles. The van der Waals surface area contributed by atoms with Gasteiger partial charge >= 0.3 is 0 Å². The Morgan fingerprint density at radius 3 is 2.78 bits per heavy atom. The molecule has 1 aliphatic carbocycles. The fourth-order valence-corrected chi connectivity index (χ4v) is 2.21. The number of ether oxygens (including phenoxy) is 1. The van der Waals surface area contributed by atoms with Crippen LogP contribution in [0.15, 0.2) is 12.1 Å². The van der Waals surface area contributed by atoms with Gasteiger partial charge in [0, 0.05) is 6.04 Å². The van der Waals surface area contributed by atoms with Crippen LogP contribution < -0.4 is 15.8 Å². The van der Waals surface area contributed by atoms with Crippen LogP contribution in [-0.2, 0) is 0 Å². The van der Waals surface area contributed by atoms with Gasteiger partial charge in [-0.3, -0.25) is 0 Å². The highest BCUT2D eigenvalue weighted by molar-refractivity contribution is 5.53. The average molecular weight is 251 g/mol. The van der Waals surface area contributed by atoms with Gasteiger partial charge in [-0.05, 0) is 44.7 Å². The normalized spacial score (nSPS) is 23.7. The third-order valence-electron chi connectivity index (χ3n) is 3.22. The van der Waals surface area contributed by atoms with E-state index in [1.165, 1.54) is 0 Å². The summed E-state index contributed by atoms with van der Waals surface area (Å²) in [5.41, 5.74) is 6.34. The first-order valence-electron chi connectivity index (χ1n) is 6.53. The van der Waals surface area contributed by atoms with Gasteiger partial charge in [0.1, 0.15) is 5.82 Å². The average Bonchev–Trinajstić information content (AvgIpc) is 2.37. The summed E-state index contributed by atoms with van der Waals surface area (Å²) in [7, 11) is 0. The monoisotopic (exact) mass is 251 g/mol. The molecule has 5 heteroatoms. The number of aliphatic hydroxyl groups excluding tert-OH is 1. The number of nitrogen functional groups attached to an aromatic ring is 1. The van der Waals surface area contributed by atoms with Gasteiger partial charge in [-0.25, -0.2) is 0 Å². The first-order chi connectivity index (χ1) is 8.69. The minimum atomic E-state index is -0.138. The number of nitrogens with two attached hydrogens (primary N) is 1. The van der Waals surface area contributed by atoms with Crippen molar-refractivity contribution in [3.63, 3.8) is 0 Å². The van der Waals surface area contributed by atoms with Gasteiger partial charge in [0.2, 0.25) is 5.88 Å². The van der Waals surface area contributed by atoms with E-state index in [-0.39, 0.29) is 6.10 Å². The number of nitrogens with zero attached hydrogens (tertiary/aromatic N) is 1. The van der Waals surface area contributed by atoms with Gasteiger partial charge in [0.25, 0.3) is 0 Å². The summed E-state index contributed by atoms with van der Waals surface area (Å²) < 4.78 is 5.37. The van der Waals surface area contributed by atoms with E-state index in [2.05, 4.69) is 10.3 Å². The SMILES string of the molecule is CCOc1nc(NC2CCC(O)CC2)ccc1N.